The fourth-order valence-corrected chi connectivity index (χ4v) is 3.44. The summed E-state index contributed by atoms with van der Waals surface area (Å²) in [7, 11) is 0. The predicted octanol–water partition coefficient (Wildman–Crippen LogP) is 3.43. The minimum absolute atomic E-state index is 0.169. The first-order chi connectivity index (χ1) is 9.65. The molecule has 20 heavy (non-hydrogen) atoms. The van der Waals surface area contributed by atoms with E-state index in [1.165, 1.54) is 17.7 Å². The molecule has 4 heteroatoms. The van der Waals surface area contributed by atoms with Crippen LogP contribution in [0.1, 0.15) is 31.2 Å². The Labute approximate surface area is 125 Å². The normalized spacial score (nSPS) is 19.8. The highest BCUT2D eigenvalue weighted by Gasteiger charge is 2.31. The highest BCUT2D eigenvalue weighted by atomic mass is 32.2. The van der Waals surface area contributed by atoms with Crippen molar-refractivity contribution in [2.75, 3.05) is 32.6 Å². The first-order valence-corrected chi connectivity index (χ1v) is 8.47. The van der Waals surface area contributed by atoms with Crippen LogP contribution in [0.3, 0.4) is 0 Å². The molecule has 0 bridgehead atoms. The average Bonchev–Trinajstić information content (AvgIpc) is 2.49. The number of benzene rings is 1. The molecule has 0 spiro atoms. The molecule has 2 nitrogen and oxygen atoms in total. The number of rotatable bonds is 6. The van der Waals surface area contributed by atoms with Crippen molar-refractivity contribution >= 4 is 11.8 Å². The Morgan fingerprint density at radius 2 is 1.95 bits per heavy atom. The van der Waals surface area contributed by atoms with Crippen LogP contribution in [0.5, 0.6) is 0 Å². The standard InChI is InChI=1S/C16H24FNOS/c1-13(14-3-5-15(17)6-4-14)11-18-12-16(20-2)7-9-19-10-8-16/h3-6,13,18H,7-12H2,1-2H3. The lowest BCUT2D eigenvalue weighted by molar-refractivity contribution is 0.0772. The number of hydrogen-bond acceptors (Lipinski definition) is 3. The van der Waals surface area contributed by atoms with Crippen LogP contribution in [0.2, 0.25) is 0 Å². The Balaban J connectivity index is 1.81. The molecule has 1 aliphatic rings. The summed E-state index contributed by atoms with van der Waals surface area (Å²) in [4.78, 5) is 0. The molecule has 1 heterocycles. The van der Waals surface area contributed by atoms with Gasteiger partial charge in [0.2, 0.25) is 0 Å². The van der Waals surface area contributed by atoms with Gasteiger partial charge in [-0.2, -0.15) is 11.8 Å². The molecule has 0 aliphatic carbocycles. The zero-order chi connectivity index (χ0) is 14.4. The number of hydrogen-bond donors (Lipinski definition) is 1. The van der Waals surface area contributed by atoms with Gasteiger partial charge in [0, 0.05) is 31.1 Å². The fourth-order valence-electron chi connectivity index (χ4n) is 2.62. The lowest BCUT2D eigenvalue weighted by Gasteiger charge is -2.36. The molecule has 112 valence electrons. The molecular weight excluding hydrogens is 273 g/mol. The molecule has 1 N–H and O–H groups in total. The van der Waals surface area contributed by atoms with Crippen molar-refractivity contribution in [1.29, 1.82) is 0 Å². The number of nitrogens with one attached hydrogen (secondary N) is 1. The van der Waals surface area contributed by atoms with E-state index in [0.717, 1.165) is 39.1 Å². The molecule has 1 atom stereocenters. The lowest BCUT2D eigenvalue weighted by Crippen LogP contribution is -2.43. The van der Waals surface area contributed by atoms with E-state index in [2.05, 4.69) is 18.5 Å². The second kappa shape index (κ2) is 7.43. The van der Waals surface area contributed by atoms with Gasteiger partial charge in [0.1, 0.15) is 5.82 Å². The highest BCUT2D eigenvalue weighted by Crippen LogP contribution is 2.33. The third-order valence-corrected chi connectivity index (χ3v) is 5.59. The summed E-state index contributed by atoms with van der Waals surface area (Å²) in [6, 6.07) is 6.82. The molecule has 0 amide bonds. The van der Waals surface area contributed by atoms with E-state index in [9.17, 15) is 4.39 Å². The van der Waals surface area contributed by atoms with Crippen molar-refractivity contribution in [1.82, 2.24) is 5.32 Å². The third-order valence-electron chi connectivity index (χ3n) is 4.17. The lowest BCUT2D eigenvalue weighted by atomic mass is 9.97. The first kappa shape index (κ1) is 15.8. The summed E-state index contributed by atoms with van der Waals surface area (Å²) in [5, 5.41) is 3.59. The van der Waals surface area contributed by atoms with Gasteiger partial charge in [0.25, 0.3) is 0 Å². The highest BCUT2D eigenvalue weighted by molar-refractivity contribution is 8.00. The summed E-state index contributed by atoms with van der Waals surface area (Å²) >= 11 is 1.95. The second-order valence-electron chi connectivity index (χ2n) is 5.58. The largest absolute Gasteiger partial charge is 0.381 e. The summed E-state index contributed by atoms with van der Waals surface area (Å²) in [6.07, 6.45) is 4.43. The average molecular weight is 297 g/mol. The Morgan fingerprint density at radius 3 is 2.55 bits per heavy atom. The SMILES string of the molecule is CSC1(CNCC(C)c2ccc(F)cc2)CCOCC1. The van der Waals surface area contributed by atoms with Crippen LogP contribution in [0.25, 0.3) is 0 Å². The maximum Gasteiger partial charge on any atom is 0.123 e. The van der Waals surface area contributed by atoms with Gasteiger partial charge < -0.3 is 10.1 Å². The molecule has 0 saturated carbocycles. The van der Waals surface area contributed by atoms with E-state index >= 15 is 0 Å². The van der Waals surface area contributed by atoms with E-state index in [1.807, 2.05) is 23.9 Å². The zero-order valence-electron chi connectivity index (χ0n) is 12.3. The minimum Gasteiger partial charge on any atom is -0.381 e. The van der Waals surface area contributed by atoms with E-state index in [0.29, 0.717) is 10.7 Å². The van der Waals surface area contributed by atoms with Crippen molar-refractivity contribution in [2.45, 2.75) is 30.4 Å². The van der Waals surface area contributed by atoms with Crippen LogP contribution in [-0.4, -0.2) is 37.3 Å². The molecule has 2 rings (SSSR count). The van der Waals surface area contributed by atoms with E-state index in [-0.39, 0.29) is 5.82 Å². The van der Waals surface area contributed by atoms with Crippen LogP contribution in [0.15, 0.2) is 24.3 Å². The van der Waals surface area contributed by atoms with Gasteiger partial charge in [-0.05, 0) is 42.7 Å². The van der Waals surface area contributed by atoms with Crippen LogP contribution < -0.4 is 5.32 Å². The van der Waals surface area contributed by atoms with E-state index in [1.54, 1.807) is 0 Å². The van der Waals surface area contributed by atoms with Gasteiger partial charge in [-0.3, -0.25) is 0 Å². The molecule has 1 aromatic carbocycles. The molecular formula is C16H24FNOS. The maximum atomic E-state index is 12.9. The quantitative estimate of drug-likeness (QED) is 0.869. The number of thioether (sulfide) groups is 1. The summed E-state index contributed by atoms with van der Waals surface area (Å²) in [5.41, 5.74) is 1.18. The van der Waals surface area contributed by atoms with Crippen molar-refractivity contribution in [3.05, 3.63) is 35.6 Å². The van der Waals surface area contributed by atoms with Gasteiger partial charge in [0.15, 0.2) is 0 Å². The Kier molecular flexibility index (Phi) is 5.87. The molecule has 1 aliphatic heterocycles. The van der Waals surface area contributed by atoms with Crippen LogP contribution in [-0.2, 0) is 4.74 Å². The topological polar surface area (TPSA) is 21.3 Å². The van der Waals surface area contributed by atoms with Crippen molar-refractivity contribution < 1.29 is 9.13 Å². The fraction of sp³-hybridized carbons (Fsp3) is 0.625. The van der Waals surface area contributed by atoms with Gasteiger partial charge in [-0.15, -0.1) is 0 Å². The van der Waals surface area contributed by atoms with Gasteiger partial charge in [-0.25, -0.2) is 4.39 Å². The van der Waals surface area contributed by atoms with Crippen LogP contribution in [0, 0.1) is 5.82 Å². The zero-order valence-corrected chi connectivity index (χ0v) is 13.1. The third kappa shape index (κ3) is 4.21. The maximum absolute atomic E-state index is 12.9. The summed E-state index contributed by atoms with van der Waals surface area (Å²) in [6.45, 7) is 5.86. The summed E-state index contributed by atoms with van der Waals surface area (Å²) in [5.74, 6) is 0.229. The van der Waals surface area contributed by atoms with Gasteiger partial charge in [-0.1, -0.05) is 19.1 Å². The Morgan fingerprint density at radius 1 is 1.30 bits per heavy atom. The van der Waals surface area contributed by atoms with Crippen molar-refractivity contribution in [3.63, 3.8) is 0 Å². The molecule has 1 saturated heterocycles. The smallest absolute Gasteiger partial charge is 0.123 e. The summed E-state index contributed by atoms with van der Waals surface area (Å²) < 4.78 is 18.7. The van der Waals surface area contributed by atoms with Crippen LogP contribution in [0.4, 0.5) is 4.39 Å². The van der Waals surface area contributed by atoms with Crippen molar-refractivity contribution in [3.8, 4) is 0 Å². The number of ether oxygens (including phenoxy) is 1. The molecule has 0 radical (unpaired) electrons. The van der Waals surface area contributed by atoms with E-state index < -0.39 is 0 Å². The molecule has 1 aromatic rings. The monoisotopic (exact) mass is 297 g/mol. The molecule has 1 fully saturated rings. The first-order valence-electron chi connectivity index (χ1n) is 7.24. The number of halogens is 1. The molecule has 1 unspecified atom stereocenters. The Bertz CT molecular complexity index is 403. The minimum atomic E-state index is -0.169. The molecule has 0 aromatic heterocycles. The van der Waals surface area contributed by atoms with Crippen molar-refractivity contribution in [2.24, 2.45) is 0 Å². The van der Waals surface area contributed by atoms with E-state index in [4.69, 9.17) is 4.74 Å². The predicted molar refractivity (Wildman–Crippen MR) is 84.0 cm³/mol. The second-order valence-corrected chi connectivity index (χ2v) is 6.86. The Hall–Kier alpha value is -0.580. The van der Waals surface area contributed by atoms with Gasteiger partial charge >= 0.3 is 0 Å². The van der Waals surface area contributed by atoms with Crippen LogP contribution >= 0.6 is 11.8 Å². The van der Waals surface area contributed by atoms with Gasteiger partial charge in [0.05, 0.1) is 0 Å².